The molecule has 15 heavy (non-hydrogen) atoms. The van der Waals surface area contributed by atoms with Crippen molar-refractivity contribution in [2.45, 2.75) is 52.8 Å². The second-order valence-corrected chi connectivity index (χ2v) is 4.47. The molecule has 0 aliphatic rings. The Balaban J connectivity index is 4.64. The normalized spacial score (nSPS) is 15.5. The van der Waals surface area contributed by atoms with E-state index in [9.17, 15) is 9.90 Å². The smallest absolute Gasteiger partial charge is 0.228 e. The number of nitrogens with zero attached hydrogens (tertiary/aromatic N) is 1. The molecular formula is C11H23NO3. The fraction of sp³-hybridized carbons (Fsp3) is 0.909. The highest BCUT2D eigenvalue weighted by atomic mass is 16.3. The molecule has 0 unspecified atom stereocenters. The van der Waals surface area contributed by atoms with Crippen molar-refractivity contribution in [1.29, 1.82) is 0 Å². The Hall–Kier alpha value is -0.610. The number of aliphatic hydroxyl groups is 2. The first-order valence-corrected chi connectivity index (χ1v) is 5.44. The Labute approximate surface area is 91.9 Å². The lowest BCUT2D eigenvalue weighted by Gasteiger charge is -2.34. The van der Waals surface area contributed by atoms with E-state index in [1.165, 1.54) is 0 Å². The summed E-state index contributed by atoms with van der Waals surface area (Å²) in [6.45, 7) is 9.02. The largest absolute Gasteiger partial charge is 0.394 e. The van der Waals surface area contributed by atoms with Crippen LogP contribution in [0.3, 0.4) is 0 Å². The SMILES string of the molecule is CC(C)N(C(=O)[C@H](C)[C@H](O)CO)C(C)C. The lowest BCUT2D eigenvalue weighted by Crippen LogP contribution is -2.47. The van der Waals surface area contributed by atoms with Gasteiger partial charge < -0.3 is 15.1 Å². The van der Waals surface area contributed by atoms with E-state index in [1.807, 2.05) is 27.7 Å². The number of carbonyl (C=O) groups is 1. The van der Waals surface area contributed by atoms with Crippen LogP contribution in [0, 0.1) is 5.92 Å². The number of carbonyl (C=O) groups excluding carboxylic acids is 1. The maximum atomic E-state index is 12.0. The molecule has 0 saturated heterocycles. The first kappa shape index (κ1) is 14.4. The van der Waals surface area contributed by atoms with Crippen molar-refractivity contribution >= 4 is 5.91 Å². The van der Waals surface area contributed by atoms with Gasteiger partial charge in [0.2, 0.25) is 5.91 Å². The predicted octanol–water partition coefficient (Wildman–Crippen LogP) is 0.621. The zero-order valence-corrected chi connectivity index (χ0v) is 10.3. The monoisotopic (exact) mass is 217 g/mol. The number of amides is 1. The minimum absolute atomic E-state index is 0.103. The number of aliphatic hydroxyl groups excluding tert-OH is 2. The molecule has 0 aromatic rings. The fourth-order valence-corrected chi connectivity index (χ4v) is 1.66. The highest BCUT2D eigenvalue weighted by molar-refractivity contribution is 5.79. The third-order valence-electron chi connectivity index (χ3n) is 2.52. The molecule has 2 N–H and O–H groups in total. The van der Waals surface area contributed by atoms with E-state index in [4.69, 9.17) is 5.11 Å². The van der Waals surface area contributed by atoms with Gasteiger partial charge in [-0.1, -0.05) is 6.92 Å². The summed E-state index contributed by atoms with van der Waals surface area (Å²) in [6, 6.07) is 0.205. The Bertz CT molecular complexity index is 196. The summed E-state index contributed by atoms with van der Waals surface area (Å²) < 4.78 is 0. The zero-order chi connectivity index (χ0) is 12.2. The lowest BCUT2D eigenvalue weighted by molar-refractivity contribution is -0.143. The molecule has 0 heterocycles. The summed E-state index contributed by atoms with van der Waals surface area (Å²) in [5.41, 5.74) is 0. The maximum absolute atomic E-state index is 12.0. The van der Waals surface area contributed by atoms with Crippen molar-refractivity contribution in [2.75, 3.05) is 6.61 Å². The Morgan fingerprint density at radius 2 is 1.53 bits per heavy atom. The standard InChI is InChI=1S/C11H23NO3/c1-7(2)12(8(3)4)11(15)9(5)10(14)6-13/h7-10,13-14H,6H2,1-5H3/t9-,10-/m1/s1. The van der Waals surface area contributed by atoms with Gasteiger partial charge in [-0.3, -0.25) is 4.79 Å². The van der Waals surface area contributed by atoms with Gasteiger partial charge in [0.05, 0.1) is 18.6 Å². The molecule has 0 aromatic heterocycles. The van der Waals surface area contributed by atoms with Crippen LogP contribution in [0.5, 0.6) is 0 Å². The summed E-state index contributed by atoms with van der Waals surface area (Å²) >= 11 is 0. The first-order chi connectivity index (χ1) is 6.82. The van der Waals surface area contributed by atoms with Gasteiger partial charge in [-0.05, 0) is 27.7 Å². The van der Waals surface area contributed by atoms with Gasteiger partial charge in [0.25, 0.3) is 0 Å². The average Bonchev–Trinajstić information content (AvgIpc) is 2.14. The molecule has 0 fully saturated rings. The summed E-state index contributed by atoms with van der Waals surface area (Å²) in [5, 5.41) is 18.2. The van der Waals surface area contributed by atoms with Crippen molar-refractivity contribution in [2.24, 2.45) is 5.92 Å². The molecule has 0 saturated carbocycles. The Kier molecular flexibility index (Phi) is 5.83. The molecule has 1 amide bonds. The van der Waals surface area contributed by atoms with Crippen LogP contribution in [-0.4, -0.2) is 45.8 Å². The molecule has 2 atom stereocenters. The van der Waals surface area contributed by atoms with Crippen LogP contribution in [-0.2, 0) is 4.79 Å². The molecule has 0 aliphatic carbocycles. The highest BCUT2D eigenvalue weighted by Crippen LogP contribution is 2.13. The van der Waals surface area contributed by atoms with Crippen molar-refractivity contribution in [1.82, 2.24) is 4.90 Å². The third-order valence-corrected chi connectivity index (χ3v) is 2.52. The van der Waals surface area contributed by atoms with Gasteiger partial charge in [0.15, 0.2) is 0 Å². The summed E-state index contributed by atoms with van der Waals surface area (Å²) in [6.07, 6.45) is -0.975. The van der Waals surface area contributed by atoms with Gasteiger partial charge in [-0.2, -0.15) is 0 Å². The molecule has 90 valence electrons. The molecule has 4 heteroatoms. The first-order valence-electron chi connectivity index (χ1n) is 5.44. The van der Waals surface area contributed by atoms with E-state index in [0.29, 0.717) is 0 Å². The van der Waals surface area contributed by atoms with E-state index in [1.54, 1.807) is 11.8 Å². The molecule has 0 aliphatic heterocycles. The second kappa shape index (κ2) is 6.08. The van der Waals surface area contributed by atoms with Gasteiger partial charge in [-0.25, -0.2) is 0 Å². The van der Waals surface area contributed by atoms with E-state index in [2.05, 4.69) is 0 Å². The maximum Gasteiger partial charge on any atom is 0.228 e. The van der Waals surface area contributed by atoms with Crippen molar-refractivity contribution < 1.29 is 15.0 Å². The van der Waals surface area contributed by atoms with E-state index >= 15 is 0 Å². The quantitative estimate of drug-likeness (QED) is 0.709. The second-order valence-electron chi connectivity index (χ2n) is 4.47. The molecule has 4 nitrogen and oxygen atoms in total. The van der Waals surface area contributed by atoms with E-state index < -0.39 is 12.0 Å². The fourth-order valence-electron chi connectivity index (χ4n) is 1.66. The summed E-state index contributed by atoms with van der Waals surface area (Å²) in [7, 11) is 0. The Morgan fingerprint density at radius 1 is 1.13 bits per heavy atom. The summed E-state index contributed by atoms with van der Waals surface area (Å²) in [5.74, 6) is -0.665. The number of hydrogen-bond donors (Lipinski definition) is 2. The molecule has 0 spiro atoms. The van der Waals surface area contributed by atoms with Crippen LogP contribution in [0.15, 0.2) is 0 Å². The van der Waals surface area contributed by atoms with Crippen molar-refractivity contribution in [3.63, 3.8) is 0 Å². The van der Waals surface area contributed by atoms with Gasteiger partial charge in [-0.15, -0.1) is 0 Å². The lowest BCUT2D eigenvalue weighted by atomic mass is 10.0. The zero-order valence-electron chi connectivity index (χ0n) is 10.3. The van der Waals surface area contributed by atoms with Crippen LogP contribution >= 0.6 is 0 Å². The van der Waals surface area contributed by atoms with Gasteiger partial charge in [0, 0.05) is 12.1 Å². The number of hydrogen-bond acceptors (Lipinski definition) is 3. The minimum atomic E-state index is -0.975. The van der Waals surface area contributed by atoms with Crippen LogP contribution in [0.4, 0.5) is 0 Å². The number of rotatable bonds is 5. The van der Waals surface area contributed by atoms with E-state index in [0.717, 1.165) is 0 Å². The van der Waals surface area contributed by atoms with Crippen LogP contribution < -0.4 is 0 Å². The average molecular weight is 217 g/mol. The minimum Gasteiger partial charge on any atom is -0.394 e. The van der Waals surface area contributed by atoms with Crippen molar-refractivity contribution in [3.05, 3.63) is 0 Å². The van der Waals surface area contributed by atoms with Crippen molar-refractivity contribution in [3.8, 4) is 0 Å². The van der Waals surface area contributed by atoms with Gasteiger partial charge in [0.1, 0.15) is 0 Å². The van der Waals surface area contributed by atoms with Crippen LogP contribution in [0.25, 0.3) is 0 Å². The molecule has 0 bridgehead atoms. The van der Waals surface area contributed by atoms with Gasteiger partial charge >= 0.3 is 0 Å². The predicted molar refractivity (Wildman–Crippen MR) is 59.4 cm³/mol. The Morgan fingerprint density at radius 3 is 1.80 bits per heavy atom. The summed E-state index contributed by atoms with van der Waals surface area (Å²) in [4.78, 5) is 13.7. The highest BCUT2D eigenvalue weighted by Gasteiger charge is 2.29. The topological polar surface area (TPSA) is 60.8 Å². The van der Waals surface area contributed by atoms with Crippen LogP contribution in [0.2, 0.25) is 0 Å². The molecular weight excluding hydrogens is 194 g/mol. The molecule has 0 rings (SSSR count). The van der Waals surface area contributed by atoms with E-state index in [-0.39, 0.29) is 24.6 Å². The third kappa shape index (κ3) is 3.80. The van der Waals surface area contributed by atoms with Crippen LogP contribution in [0.1, 0.15) is 34.6 Å². The molecule has 0 aromatic carbocycles. The molecule has 0 radical (unpaired) electrons.